The van der Waals surface area contributed by atoms with Gasteiger partial charge in [-0.1, -0.05) is 0 Å². The fourth-order valence-corrected chi connectivity index (χ4v) is 2.24. The zero-order valence-corrected chi connectivity index (χ0v) is 12.4. The van der Waals surface area contributed by atoms with E-state index in [0.29, 0.717) is 4.47 Å². The Morgan fingerprint density at radius 3 is 2.80 bits per heavy atom. The topological polar surface area (TPSA) is 97.4 Å². The van der Waals surface area contributed by atoms with Crippen molar-refractivity contribution in [1.82, 2.24) is 9.78 Å². The molecule has 2 N–H and O–H groups in total. The van der Waals surface area contributed by atoms with Crippen LogP contribution in [0.4, 0.5) is 5.69 Å². The van der Waals surface area contributed by atoms with Crippen LogP contribution in [0.1, 0.15) is 11.5 Å². The zero-order chi connectivity index (χ0) is 14.9. The van der Waals surface area contributed by atoms with Crippen molar-refractivity contribution in [1.29, 1.82) is 0 Å². The lowest BCUT2D eigenvalue weighted by Crippen LogP contribution is -2.26. The van der Waals surface area contributed by atoms with Crippen LogP contribution < -0.4 is 11.1 Å². The van der Waals surface area contributed by atoms with Crippen LogP contribution in [0, 0.1) is 13.8 Å². The number of carbonyl (C=O) groups excluding carboxylic acids is 1. The van der Waals surface area contributed by atoms with Gasteiger partial charge in [-0.05, 0) is 40.5 Å². The Kier molecular flexibility index (Phi) is 3.93. The Hall–Kier alpha value is -2.09. The van der Waals surface area contributed by atoms with Gasteiger partial charge in [0.15, 0.2) is 5.75 Å². The van der Waals surface area contributed by atoms with Gasteiger partial charge in [-0.15, -0.1) is 5.10 Å². The van der Waals surface area contributed by atoms with E-state index < -0.39 is 11.7 Å². The highest BCUT2D eigenvalue weighted by Gasteiger charge is 2.13. The number of aryl methyl sites for hydroxylation is 2. The van der Waals surface area contributed by atoms with Gasteiger partial charge >= 0.3 is 5.76 Å². The van der Waals surface area contributed by atoms with Crippen LogP contribution in [0.25, 0.3) is 0 Å². The summed E-state index contributed by atoms with van der Waals surface area (Å²) in [4.78, 5) is 23.1. The molecule has 106 valence electrons. The lowest BCUT2D eigenvalue weighted by molar-refractivity contribution is -0.117. The third kappa shape index (κ3) is 3.08. The number of rotatable bonds is 3. The third-order valence-electron chi connectivity index (χ3n) is 2.48. The van der Waals surface area contributed by atoms with E-state index in [1.165, 1.54) is 6.92 Å². The highest BCUT2D eigenvalue weighted by atomic mass is 79.9. The van der Waals surface area contributed by atoms with Gasteiger partial charge in [0.05, 0.1) is 10.2 Å². The molecule has 20 heavy (non-hydrogen) atoms. The summed E-state index contributed by atoms with van der Waals surface area (Å²) in [5.74, 6) is -1.09. The molecule has 1 aromatic carbocycles. The first kappa shape index (κ1) is 14.3. The number of hydrogen-bond acceptors (Lipinski definition) is 5. The summed E-state index contributed by atoms with van der Waals surface area (Å²) in [6.45, 7) is 3.05. The highest BCUT2D eigenvalue weighted by Crippen LogP contribution is 2.33. The van der Waals surface area contributed by atoms with Crippen LogP contribution in [0.2, 0.25) is 0 Å². The normalized spacial score (nSPS) is 10.6. The van der Waals surface area contributed by atoms with Gasteiger partial charge in [-0.3, -0.25) is 4.79 Å². The van der Waals surface area contributed by atoms with E-state index in [-0.39, 0.29) is 23.9 Å². The standard InChI is InChI=1S/C12H12BrN3O4/c1-6-3-8(13)11(18)9(4-6)14-10(17)5-16-12(19)20-7(2)15-16/h3-4,18H,5H2,1-2H3,(H,14,17). The summed E-state index contributed by atoms with van der Waals surface area (Å²) < 4.78 is 6.07. The van der Waals surface area contributed by atoms with Crippen molar-refractivity contribution in [3.05, 3.63) is 38.6 Å². The number of aromatic nitrogens is 2. The minimum absolute atomic E-state index is 0.0763. The Balaban J connectivity index is 2.16. The summed E-state index contributed by atoms with van der Waals surface area (Å²) in [7, 11) is 0. The van der Waals surface area contributed by atoms with Crippen LogP contribution in [0.15, 0.2) is 25.8 Å². The largest absolute Gasteiger partial charge is 0.505 e. The molecule has 2 rings (SSSR count). The molecule has 0 atom stereocenters. The molecular weight excluding hydrogens is 330 g/mol. The van der Waals surface area contributed by atoms with Gasteiger partial charge in [-0.25, -0.2) is 4.79 Å². The number of phenolic OH excluding ortho intramolecular Hbond substituents is 1. The lowest BCUT2D eigenvalue weighted by Gasteiger charge is -2.09. The molecule has 0 saturated heterocycles. The van der Waals surface area contributed by atoms with Crippen molar-refractivity contribution < 1.29 is 14.3 Å². The number of amides is 1. The third-order valence-corrected chi connectivity index (χ3v) is 3.09. The van der Waals surface area contributed by atoms with E-state index in [0.717, 1.165) is 10.2 Å². The molecule has 7 nitrogen and oxygen atoms in total. The number of halogens is 1. The second-order valence-corrected chi connectivity index (χ2v) is 5.09. The summed E-state index contributed by atoms with van der Waals surface area (Å²) >= 11 is 3.18. The zero-order valence-electron chi connectivity index (χ0n) is 10.8. The van der Waals surface area contributed by atoms with Crippen molar-refractivity contribution in [3.63, 3.8) is 0 Å². The number of aromatic hydroxyl groups is 1. The molecular formula is C12H12BrN3O4. The summed E-state index contributed by atoms with van der Waals surface area (Å²) in [5.41, 5.74) is 1.12. The fourth-order valence-electron chi connectivity index (χ4n) is 1.67. The van der Waals surface area contributed by atoms with E-state index in [1.54, 1.807) is 12.1 Å². The van der Waals surface area contributed by atoms with Crippen LogP contribution >= 0.6 is 15.9 Å². The molecule has 0 radical (unpaired) electrons. The number of anilines is 1. The Bertz CT molecular complexity index is 720. The molecule has 0 aliphatic rings. The minimum Gasteiger partial charge on any atom is -0.505 e. The van der Waals surface area contributed by atoms with Crippen LogP contribution in [-0.2, 0) is 11.3 Å². The smallest absolute Gasteiger partial charge is 0.437 e. The van der Waals surface area contributed by atoms with Gasteiger partial charge in [0.2, 0.25) is 11.8 Å². The second-order valence-electron chi connectivity index (χ2n) is 4.24. The quantitative estimate of drug-likeness (QED) is 0.825. The fraction of sp³-hybridized carbons (Fsp3) is 0.250. The van der Waals surface area contributed by atoms with Crippen molar-refractivity contribution in [3.8, 4) is 5.75 Å². The summed E-state index contributed by atoms with van der Waals surface area (Å²) in [6.07, 6.45) is 0. The molecule has 1 aromatic heterocycles. The minimum atomic E-state index is -0.702. The monoisotopic (exact) mass is 341 g/mol. The average Bonchev–Trinajstić information content (AvgIpc) is 2.64. The Labute approximate surface area is 122 Å². The lowest BCUT2D eigenvalue weighted by atomic mass is 10.2. The first-order chi connectivity index (χ1) is 9.36. The molecule has 0 aliphatic heterocycles. The molecule has 1 amide bonds. The summed E-state index contributed by atoms with van der Waals surface area (Å²) in [5, 5.41) is 16.1. The van der Waals surface area contributed by atoms with Crippen LogP contribution in [-0.4, -0.2) is 20.8 Å². The van der Waals surface area contributed by atoms with E-state index in [2.05, 4.69) is 30.8 Å². The van der Waals surface area contributed by atoms with Crippen LogP contribution in [0.3, 0.4) is 0 Å². The molecule has 0 spiro atoms. The van der Waals surface area contributed by atoms with Crippen molar-refractivity contribution in [2.24, 2.45) is 0 Å². The Morgan fingerprint density at radius 1 is 1.50 bits per heavy atom. The van der Waals surface area contributed by atoms with E-state index >= 15 is 0 Å². The average molecular weight is 342 g/mol. The molecule has 1 heterocycles. The maximum atomic E-state index is 11.8. The van der Waals surface area contributed by atoms with Crippen molar-refractivity contribution in [2.45, 2.75) is 20.4 Å². The number of carbonyl (C=O) groups is 1. The predicted molar refractivity (Wildman–Crippen MR) is 74.7 cm³/mol. The van der Waals surface area contributed by atoms with Gasteiger partial charge < -0.3 is 14.8 Å². The molecule has 2 aromatic rings. The number of hydrogen-bond donors (Lipinski definition) is 2. The van der Waals surface area contributed by atoms with Gasteiger partial charge in [0, 0.05) is 6.92 Å². The van der Waals surface area contributed by atoms with E-state index in [1.807, 2.05) is 6.92 Å². The molecule has 0 aliphatic carbocycles. The second kappa shape index (κ2) is 5.49. The summed E-state index contributed by atoms with van der Waals surface area (Å²) in [6, 6.07) is 3.34. The molecule has 8 heteroatoms. The molecule has 0 unspecified atom stereocenters. The maximum absolute atomic E-state index is 11.8. The first-order valence-corrected chi connectivity index (χ1v) is 6.49. The predicted octanol–water partition coefficient (Wildman–Crippen LogP) is 1.56. The molecule has 0 fully saturated rings. The Morgan fingerprint density at radius 2 is 2.20 bits per heavy atom. The van der Waals surface area contributed by atoms with Gasteiger partial charge in [0.25, 0.3) is 0 Å². The maximum Gasteiger partial charge on any atom is 0.437 e. The van der Waals surface area contributed by atoms with Crippen molar-refractivity contribution in [2.75, 3.05) is 5.32 Å². The van der Waals surface area contributed by atoms with E-state index in [4.69, 9.17) is 0 Å². The molecule has 0 bridgehead atoms. The number of nitrogens with zero attached hydrogens (tertiary/aromatic N) is 2. The van der Waals surface area contributed by atoms with Gasteiger partial charge in [-0.2, -0.15) is 4.68 Å². The van der Waals surface area contributed by atoms with Crippen molar-refractivity contribution >= 4 is 27.5 Å². The number of nitrogens with one attached hydrogen (secondary N) is 1. The van der Waals surface area contributed by atoms with Gasteiger partial charge in [0.1, 0.15) is 6.54 Å². The molecule has 0 saturated carbocycles. The highest BCUT2D eigenvalue weighted by molar-refractivity contribution is 9.10. The van der Waals surface area contributed by atoms with Crippen LogP contribution in [0.5, 0.6) is 5.75 Å². The number of phenols is 1. The van der Waals surface area contributed by atoms with E-state index in [9.17, 15) is 14.7 Å². The first-order valence-electron chi connectivity index (χ1n) is 5.70. The SMILES string of the molecule is Cc1cc(Br)c(O)c(NC(=O)Cn2nc(C)oc2=O)c1. The number of benzene rings is 1.